The fraction of sp³-hybridized carbons (Fsp3) is 0.333. The van der Waals surface area contributed by atoms with Gasteiger partial charge in [-0.2, -0.15) is 5.10 Å². The third-order valence-electron chi connectivity index (χ3n) is 3.93. The van der Waals surface area contributed by atoms with E-state index in [2.05, 4.69) is 29.5 Å². The van der Waals surface area contributed by atoms with Crippen molar-refractivity contribution in [3.63, 3.8) is 0 Å². The van der Waals surface area contributed by atoms with Crippen molar-refractivity contribution in [3.8, 4) is 11.4 Å². The number of nitrogens with zero attached hydrogens (tertiary/aromatic N) is 4. The molecular weight excluding hydrogens is 388 g/mol. The molecule has 3 aromatic rings. The van der Waals surface area contributed by atoms with Crippen molar-refractivity contribution in [2.45, 2.75) is 19.8 Å². The Morgan fingerprint density at radius 1 is 1.27 bits per heavy atom. The van der Waals surface area contributed by atoms with E-state index in [1.165, 1.54) is 4.88 Å². The third-order valence-corrected chi connectivity index (χ3v) is 5.47. The maximum Gasteiger partial charge on any atom is 0.199 e. The number of halogens is 1. The smallest absolute Gasteiger partial charge is 0.199 e. The Hall–Kier alpha value is -1.51. The average molecular weight is 409 g/mol. The first-order valence-corrected chi connectivity index (χ1v) is 9.88. The monoisotopic (exact) mass is 408 g/mol. The minimum atomic E-state index is 0.575. The Morgan fingerprint density at radius 3 is 2.69 bits per heavy atom. The van der Waals surface area contributed by atoms with Gasteiger partial charge in [0.1, 0.15) is 0 Å². The normalized spacial score (nSPS) is 11.4. The second-order valence-electron chi connectivity index (χ2n) is 5.99. The summed E-state index contributed by atoms with van der Waals surface area (Å²) in [6.07, 6.45) is 0. The number of rotatable bonds is 8. The van der Waals surface area contributed by atoms with Gasteiger partial charge in [-0.1, -0.05) is 17.7 Å². The van der Waals surface area contributed by atoms with Gasteiger partial charge >= 0.3 is 0 Å². The first kappa shape index (κ1) is 19.3. The summed E-state index contributed by atoms with van der Waals surface area (Å²) in [6, 6.07) is 11.9. The lowest BCUT2D eigenvalue weighted by Crippen LogP contribution is -2.22. The van der Waals surface area contributed by atoms with E-state index < -0.39 is 0 Å². The highest BCUT2D eigenvalue weighted by molar-refractivity contribution is 7.71. The van der Waals surface area contributed by atoms with Crippen molar-refractivity contribution < 1.29 is 4.74 Å². The molecule has 8 heteroatoms. The fourth-order valence-electron chi connectivity index (χ4n) is 2.68. The number of benzene rings is 1. The largest absolute Gasteiger partial charge is 0.383 e. The standard InChI is InChI=1S/C18H21ClN4OS2/c1-21(12-16-4-3-11-26-16)13-23-18(25)22(9-10-24-2)17(20-23)14-5-7-15(19)8-6-14/h3-8,11H,9-10,12-13H2,1-2H3. The number of hydrogen-bond acceptors (Lipinski definition) is 5. The van der Waals surface area contributed by atoms with E-state index in [0.717, 1.165) is 17.9 Å². The molecule has 0 aliphatic heterocycles. The van der Waals surface area contributed by atoms with E-state index in [9.17, 15) is 0 Å². The zero-order valence-electron chi connectivity index (χ0n) is 14.8. The Morgan fingerprint density at radius 2 is 2.04 bits per heavy atom. The van der Waals surface area contributed by atoms with Gasteiger partial charge in [-0.3, -0.25) is 9.47 Å². The van der Waals surface area contributed by atoms with Crippen LogP contribution in [0.4, 0.5) is 0 Å². The first-order valence-electron chi connectivity index (χ1n) is 8.22. The Kier molecular flexibility index (Phi) is 6.61. The van der Waals surface area contributed by atoms with Gasteiger partial charge in [0, 0.05) is 29.1 Å². The molecule has 138 valence electrons. The number of aromatic nitrogens is 3. The van der Waals surface area contributed by atoms with E-state index in [-0.39, 0.29) is 0 Å². The molecule has 2 heterocycles. The molecule has 0 aliphatic carbocycles. The molecule has 3 rings (SSSR count). The van der Waals surface area contributed by atoms with Gasteiger partial charge in [0.15, 0.2) is 10.6 Å². The maximum atomic E-state index is 6.02. The van der Waals surface area contributed by atoms with Gasteiger partial charge in [-0.15, -0.1) is 11.3 Å². The first-order chi connectivity index (χ1) is 12.6. The van der Waals surface area contributed by atoms with Crippen molar-refractivity contribution in [1.29, 1.82) is 0 Å². The summed E-state index contributed by atoms with van der Waals surface area (Å²) >= 11 is 13.4. The van der Waals surface area contributed by atoms with Crippen LogP contribution in [0.25, 0.3) is 11.4 Å². The van der Waals surface area contributed by atoms with Gasteiger partial charge < -0.3 is 4.74 Å². The average Bonchev–Trinajstić information content (AvgIpc) is 3.23. The number of ether oxygens (including phenoxy) is 1. The van der Waals surface area contributed by atoms with E-state index >= 15 is 0 Å². The molecular formula is C18H21ClN4OS2. The van der Waals surface area contributed by atoms with Crippen LogP contribution in [0.1, 0.15) is 4.88 Å². The van der Waals surface area contributed by atoms with Gasteiger partial charge in [-0.25, -0.2) is 4.68 Å². The third kappa shape index (κ3) is 4.61. The second-order valence-corrected chi connectivity index (χ2v) is 7.83. The molecule has 0 bridgehead atoms. The predicted octanol–water partition coefficient (Wildman–Crippen LogP) is 4.53. The lowest BCUT2D eigenvalue weighted by Gasteiger charge is -2.15. The summed E-state index contributed by atoms with van der Waals surface area (Å²) in [5.74, 6) is 0.827. The molecule has 5 nitrogen and oxygen atoms in total. The summed E-state index contributed by atoms with van der Waals surface area (Å²) in [4.78, 5) is 3.51. The van der Waals surface area contributed by atoms with Crippen LogP contribution in [0, 0.1) is 4.77 Å². The van der Waals surface area contributed by atoms with Gasteiger partial charge in [0.25, 0.3) is 0 Å². The summed E-state index contributed by atoms with van der Waals surface area (Å²) in [5.41, 5.74) is 0.983. The Bertz CT molecular complexity index is 887. The van der Waals surface area contributed by atoms with Gasteiger partial charge in [0.05, 0.1) is 19.8 Å². The molecule has 1 aromatic carbocycles. The van der Waals surface area contributed by atoms with Crippen LogP contribution in [0.2, 0.25) is 5.02 Å². The molecule has 0 saturated heterocycles. The molecule has 0 radical (unpaired) electrons. The second kappa shape index (κ2) is 8.92. The Labute approximate surface area is 167 Å². The van der Waals surface area contributed by atoms with Crippen LogP contribution in [-0.2, 0) is 24.5 Å². The highest BCUT2D eigenvalue weighted by Crippen LogP contribution is 2.21. The van der Waals surface area contributed by atoms with Crippen molar-refractivity contribution in [2.75, 3.05) is 20.8 Å². The SMILES string of the molecule is COCCn1c(-c2ccc(Cl)cc2)nn(CN(C)Cc2cccs2)c1=S. The van der Waals surface area contributed by atoms with E-state index in [0.29, 0.717) is 29.6 Å². The van der Waals surface area contributed by atoms with Crippen LogP contribution >= 0.6 is 35.2 Å². The maximum absolute atomic E-state index is 6.02. The molecule has 0 fully saturated rings. The predicted molar refractivity (Wildman–Crippen MR) is 109 cm³/mol. The molecule has 0 saturated carbocycles. The topological polar surface area (TPSA) is 35.2 Å². The number of hydrogen-bond donors (Lipinski definition) is 0. The lowest BCUT2D eigenvalue weighted by atomic mass is 10.2. The molecule has 0 spiro atoms. The zero-order chi connectivity index (χ0) is 18.5. The van der Waals surface area contributed by atoms with Crippen LogP contribution in [0.3, 0.4) is 0 Å². The summed E-state index contributed by atoms with van der Waals surface area (Å²) in [6.45, 7) is 2.71. The summed E-state index contributed by atoms with van der Waals surface area (Å²) in [7, 11) is 3.75. The zero-order valence-corrected chi connectivity index (χ0v) is 17.2. The quantitative estimate of drug-likeness (QED) is 0.513. The molecule has 0 unspecified atom stereocenters. The molecule has 0 aliphatic rings. The van der Waals surface area contributed by atoms with E-state index in [1.807, 2.05) is 33.5 Å². The summed E-state index contributed by atoms with van der Waals surface area (Å²) in [5, 5.41) is 7.56. The summed E-state index contributed by atoms with van der Waals surface area (Å²) < 4.78 is 9.80. The van der Waals surface area contributed by atoms with Gasteiger partial charge in [-0.05, 0) is 55.0 Å². The van der Waals surface area contributed by atoms with Crippen LogP contribution < -0.4 is 0 Å². The lowest BCUT2D eigenvalue weighted by molar-refractivity contribution is 0.186. The molecule has 0 amide bonds. The highest BCUT2D eigenvalue weighted by atomic mass is 35.5. The van der Waals surface area contributed by atoms with Crippen LogP contribution in [-0.4, -0.2) is 40.0 Å². The van der Waals surface area contributed by atoms with Crippen molar-refractivity contribution in [1.82, 2.24) is 19.2 Å². The van der Waals surface area contributed by atoms with Crippen molar-refractivity contribution in [3.05, 3.63) is 56.4 Å². The van der Waals surface area contributed by atoms with E-state index in [1.54, 1.807) is 18.4 Å². The highest BCUT2D eigenvalue weighted by Gasteiger charge is 2.14. The van der Waals surface area contributed by atoms with Crippen molar-refractivity contribution >= 4 is 35.2 Å². The Balaban J connectivity index is 1.88. The molecule has 2 aromatic heterocycles. The number of thiophene rings is 1. The minimum absolute atomic E-state index is 0.575. The molecule has 0 atom stereocenters. The van der Waals surface area contributed by atoms with Crippen LogP contribution in [0.5, 0.6) is 0 Å². The van der Waals surface area contributed by atoms with Crippen molar-refractivity contribution in [2.24, 2.45) is 0 Å². The minimum Gasteiger partial charge on any atom is -0.383 e. The van der Waals surface area contributed by atoms with Gasteiger partial charge in [0.2, 0.25) is 0 Å². The van der Waals surface area contributed by atoms with E-state index in [4.69, 9.17) is 33.7 Å². The fourth-order valence-corrected chi connectivity index (χ4v) is 3.86. The molecule has 26 heavy (non-hydrogen) atoms. The van der Waals surface area contributed by atoms with Crippen LogP contribution in [0.15, 0.2) is 41.8 Å². The number of methoxy groups -OCH3 is 1. The molecule has 0 N–H and O–H groups in total.